The summed E-state index contributed by atoms with van der Waals surface area (Å²) < 4.78 is 6.35. The summed E-state index contributed by atoms with van der Waals surface area (Å²) in [5.41, 5.74) is -0.178. The predicted molar refractivity (Wildman–Crippen MR) is 94.5 cm³/mol. The number of esters is 1. The molecule has 0 unspecified atom stereocenters. The van der Waals surface area contributed by atoms with Gasteiger partial charge in [-0.05, 0) is 19.4 Å². The Hall–Kier alpha value is -2.70. The molecule has 0 fully saturated rings. The van der Waals surface area contributed by atoms with Crippen LogP contribution in [0.25, 0.3) is 10.8 Å². The number of carbonyl (C=O) groups excluding carboxylic acids is 2. The molecule has 0 radical (unpaired) electrons. The molecule has 0 spiro atoms. The van der Waals surface area contributed by atoms with Crippen LogP contribution in [0.5, 0.6) is 0 Å². The van der Waals surface area contributed by atoms with Crippen molar-refractivity contribution < 1.29 is 14.3 Å². The number of ether oxygens (including phenoxy) is 1. The summed E-state index contributed by atoms with van der Waals surface area (Å²) in [6.07, 6.45) is 2.79. The van der Waals surface area contributed by atoms with Crippen molar-refractivity contribution in [1.82, 2.24) is 15.1 Å². The Labute approximate surface area is 146 Å². The zero-order valence-electron chi connectivity index (χ0n) is 14.6. The molecule has 1 aromatic carbocycles. The molecule has 1 amide bonds. The number of aromatic nitrogens is 2. The van der Waals surface area contributed by atoms with E-state index in [-0.39, 0.29) is 23.8 Å². The highest BCUT2D eigenvalue weighted by Crippen LogP contribution is 2.14. The summed E-state index contributed by atoms with van der Waals surface area (Å²) in [6, 6.07) is 6.79. The summed E-state index contributed by atoms with van der Waals surface area (Å²) in [7, 11) is 0. The third-order valence-corrected chi connectivity index (χ3v) is 3.74. The van der Waals surface area contributed by atoms with Crippen molar-refractivity contribution in [3.63, 3.8) is 0 Å². The van der Waals surface area contributed by atoms with E-state index in [9.17, 15) is 14.4 Å². The fraction of sp³-hybridized carbons (Fsp3) is 0.444. The molecule has 0 aliphatic rings. The average Bonchev–Trinajstić information content (AvgIpc) is 2.62. The first kappa shape index (κ1) is 18.6. The highest BCUT2D eigenvalue weighted by Gasteiger charge is 2.18. The van der Waals surface area contributed by atoms with E-state index in [1.807, 2.05) is 0 Å². The number of carbonyl (C=O) groups is 2. The molecule has 0 saturated carbocycles. The van der Waals surface area contributed by atoms with Crippen LogP contribution in [0.2, 0.25) is 0 Å². The zero-order valence-corrected chi connectivity index (χ0v) is 14.6. The van der Waals surface area contributed by atoms with Crippen molar-refractivity contribution in [3.05, 3.63) is 40.3 Å². The van der Waals surface area contributed by atoms with Crippen LogP contribution in [0, 0.1) is 0 Å². The topological polar surface area (TPSA) is 90.3 Å². The predicted octanol–water partition coefficient (Wildman–Crippen LogP) is 1.88. The van der Waals surface area contributed by atoms with Crippen LogP contribution in [0.4, 0.5) is 0 Å². The molecule has 2 aromatic rings. The van der Waals surface area contributed by atoms with Crippen molar-refractivity contribution in [2.75, 3.05) is 13.2 Å². The minimum absolute atomic E-state index is 0.0518. The minimum Gasteiger partial charge on any atom is -0.451 e. The van der Waals surface area contributed by atoms with Crippen molar-refractivity contribution in [1.29, 1.82) is 0 Å². The van der Waals surface area contributed by atoms with Gasteiger partial charge in [-0.1, -0.05) is 38.0 Å². The van der Waals surface area contributed by atoms with Gasteiger partial charge in [0.15, 0.2) is 12.3 Å². The number of aryl methyl sites for hydroxylation is 1. The van der Waals surface area contributed by atoms with E-state index in [4.69, 9.17) is 4.74 Å². The largest absolute Gasteiger partial charge is 0.451 e. The fourth-order valence-corrected chi connectivity index (χ4v) is 2.50. The average molecular weight is 345 g/mol. The summed E-state index contributed by atoms with van der Waals surface area (Å²) in [5.74, 6) is -1.09. The van der Waals surface area contributed by atoms with Crippen molar-refractivity contribution in [2.24, 2.45) is 0 Å². The zero-order chi connectivity index (χ0) is 18.2. The minimum atomic E-state index is -0.716. The van der Waals surface area contributed by atoms with Gasteiger partial charge in [0.25, 0.3) is 11.5 Å². The third kappa shape index (κ3) is 4.65. The second-order valence-corrected chi connectivity index (χ2v) is 5.66. The molecule has 25 heavy (non-hydrogen) atoms. The van der Waals surface area contributed by atoms with E-state index in [1.165, 1.54) is 4.68 Å². The fourth-order valence-electron chi connectivity index (χ4n) is 2.50. The molecular weight excluding hydrogens is 322 g/mol. The molecule has 7 nitrogen and oxygen atoms in total. The maximum Gasteiger partial charge on any atom is 0.359 e. The smallest absolute Gasteiger partial charge is 0.359 e. The van der Waals surface area contributed by atoms with Crippen LogP contribution >= 0.6 is 0 Å². The summed E-state index contributed by atoms with van der Waals surface area (Å²) >= 11 is 0. The van der Waals surface area contributed by atoms with E-state index in [2.05, 4.69) is 17.3 Å². The Morgan fingerprint density at radius 3 is 2.56 bits per heavy atom. The molecule has 0 bridgehead atoms. The van der Waals surface area contributed by atoms with Crippen LogP contribution < -0.4 is 10.9 Å². The number of hydrogen-bond acceptors (Lipinski definition) is 5. The van der Waals surface area contributed by atoms with E-state index in [1.54, 1.807) is 31.2 Å². The number of hydrogen-bond donors (Lipinski definition) is 1. The first-order valence-electron chi connectivity index (χ1n) is 8.52. The maximum atomic E-state index is 12.5. The van der Waals surface area contributed by atoms with Crippen molar-refractivity contribution in [3.8, 4) is 0 Å². The van der Waals surface area contributed by atoms with Gasteiger partial charge in [0.2, 0.25) is 0 Å². The number of nitrogens with one attached hydrogen (secondary N) is 1. The Balaban J connectivity index is 2.33. The summed E-state index contributed by atoms with van der Waals surface area (Å²) in [6.45, 7) is 4.37. The Bertz CT molecular complexity index is 814. The van der Waals surface area contributed by atoms with Gasteiger partial charge in [-0.3, -0.25) is 9.59 Å². The van der Waals surface area contributed by atoms with E-state index in [0.29, 0.717) is 23.9 Å². The SMILES string of the molecule is CCCCCn1nc(C(=O)OCC(=O)NCC)c2ccccc2c1=O. The molecule has 0 atom stereocenters. The van der Waals surface area contributed by atoms with Gasteiger partial charge in [-0.25, -0.2) is 9.48 Å². The molecule has 1 heterocycles. The standard InChI is InChI=1S/C18H23N3O4/c1-3-5-8-11-21-17(23)14-10-7-6-9-13(14)16(20-21)18(24)25-12-15(22)19-4-2/h6-7,9-10H,3-5,8,11-12H2,1-2H3,(H,19,22). The number of nitrogens with zero attached hydrogens (tertiary/aromatic N) is 2. The lowest BCUT2D eigenvalue weighted by atomic mass is 10.1. The maximum absolute atomic E-state index is 12.5. The van der Waals surface area contributed by atoms with Gasteiger partial charge in [-0.15, -0.1) is 0 Å². The summed E-state index contributed by atoms with van der Waals surface area (Å²) in [4.78, 5) is 36.4. The van der Waals surface area contributed by atoms with Gasteiger partial charge in [-0.2, -0.15) is 5.10 Å². The lowest BCUT2D eigenvalue weighted by Crippen LogP contribution is -2.30. The summed E-state index contributed by atoms with van der Waals surface area (Å²) in [5, 5.41) is 7.59. The van der Waals surface area contributed by atoms with E-state index in [0.717, 1.165) is 19.3 Å². The number of unbranched alkanes of at least 4 members (excludes halogenated alkanes) is 2. The van der Waals surface area contributed by atoms with Crippen molar-refractivity contribution in [2.45, 2.75) is 39.7 Å². The number of rotatable bonds is 8. The lowest BCUT2D eigenvalue weighted by molar-refractivity contribution is -0.124. The van der Waals surface area contributed by atoms with Gasteiger partial charge in [0, 0.05) is 18.5 Å². The normalized spacial score (nSPS) is 10.6. The molecule has 7 heteroatoms. The van der Waals surface area contributed by atoms with Crippen LogP contribution in [0.3, 0.4) is 0 Å². The van der Waals surface area contributed by atoms with Crippen molar-refractivity contribution >= 4 is 22.6 Å². The molecule has 1 aromatic heterocycles. The third-order valence-electron chi connectivity index (χ3n) is 3.74. The van der Waals surface area contributed by atoms with Gasteiger partial charge >= 0.3 is 5.97 Å². The molecule has 0 saturated heterocycles. The van der Waals surface area contributed by atoms with E-state index < -0.39 is 5.97 Å². The lowest BCUT2D eigenvalue weighted by Gasteiger charge is -2.10. The molecular formula is C18H23N3O4. The van der Waals surface area contributed by atoms with Crippen LogP contribution in [-0.4, -0.2) is 34.8 Å². The number of likely N-dealkylation sites (N-methyl/N-ethyl adjacent to an activating group) is 1. The van der Waals surface area contributed by atoms with Crippen LogP contribution in [0.15, 0.2) is 29.1 Å². The van der Waals surface area contributed by atoms with Gasteiger partial charge < -0.3 is 10.1 Å². The molecule has 1 N–H and O–H groups in total. The highest BCUT2D eigenvalue weighted by molar-refractivity contribution is 6.02. The number of fused-ring (bicyclic) bond motifs is 1. The Morgan fingerprint density at radius 1 is 1.16 bits per heavy atom. The second kappa shape index (κ2) is 8.96. The number of amides is 1. The quantitative estimate of drug-likeness (QED) is 0.583. The van der Waals surface area contributed by atoms with Crippen LogP contribution in [0.1, 0.15) is 43.6 Å². The monoisotopic (exact) mass is 345 g/mol. The van der Waals surface area contributed by atoms with Gasteiger partial charge in [0.05, 0.1) is 5.39 Å². The van der Waals surface area contributed by atoms with E-state index >= 15 is 0 Å². The molecule has 0 aliphatic carbocycles. The first-order chi connectivity index (χ1) is 12.1. The first-order valence-corrected chi connectivity index (χ1v) is 8.52. The Kier molecular flexibility index (Phi) is 6.68. The number of benzene rings is 1. The highest BCUT2D eigenvalue weighted by atomic mass is 16.5. The molecule has 2 rings (SSSR count). The Morgan fingerprint density at radius 2 is 1.88 bits per heavy atom. The second-order valence-electron chi connectivity index (χ2n) is 5.66. The van der Waals surface area contributed by atoms with Crippen LogP contribution in [-0.2, 0) is 16.1 Å². The van der Waals surface area contributed by atoms with Gasteiger partial charge in [0.1, 0.15) is 0 Å². The molecule has 134 valence electrons. The molecule has 0 aliphatic heterocycles.